The highest BCUT2D eigenvalue weighted by atomic mass is 35.5. The van der Waals surface area contributed by atoms with Crippen LogP contribution in [0.15, 0.2) is 23.0 Å². The number of nitrogens with zero attached hydrogens (tertiary/aromatic N) is 3. The Kier molecular flexibility index (Phi) is 8.63. The van der Waals surface area contributed by atoms with Crippen molar-refractivity contribution in [1.29, 1.82) is 5.26 Å². The van der Waals surface area contributed by atoms with Gasteiger partial charge in [-0.2, -0.15) is 5.26 Å². The van der Waals surface area contributed by atoms with Crippen LogP contribution in [0, 0.1) is 24.2 Å². The fourth-order valence-electron chi connectivity index (χ4n) is 3.46. The van der Waals surface area contributed by atoms with Gasteiger partial charge in [-0.3, -0.25) is 4.79 Å². The summed E-state index contributed by atoms with van der Waals surface area (Å²) in [7, 11) is 0. The third-order valence-corrected chi connectivity index (χ3v) is 6.07. The molecule has 0 aliphatic carbocycles. The number of pyridine rings is 1. The smallest absolute Gasteiger partial charge is 0.258 e. The van der Waals surface area contributed by atoms with Crippen molar-refractivity contribution < 1.29 is 4.74 Å². The monoisotopic (exact) mass is 460 g/mol. The molecule has 166 valence electrons. The first-order valence-corrected chi connectivity index (χ1v) is 11.1. The Bertz CT molecular complexity index is 1160. The van der Waals surface area contributed by atoms with Crippen LogP contribution >= 0.6 is 23.7 Å². The van der Waals surface area contributed by atoms with Gasteiger partial charge in [-0.05, 0) is 31.4 Å². The van der Waals surface area contributed by atoms with E-state index >= 15 is 0 Å². The van der Waals surface area contributed by atoms with Gasteiger partial charge in [0, 0.05) is 24.0 Å². The Balaban J connectivity index is 0.00000341. The summed E-state index contributed by atoms with van der Waals surface area (Å²) in [6.45, 7) is 9.47. The molecule has 31 heavy (non-hydrogen) atoms. The average molecular weight is 461 g/mol. The van der Waals surface area contributed by atoms with E-state index in [1.807, 2.05) is 25.1 Å². The van der Waals surface area contributed by atoms with Gasteiger partial charge in [-0.1, -0.05) is 33.3 Å². The quantitative estimate of drug-likeness (QED) is 0.476. The number of fused-ring (bicyclic) bond motifs is 1. The second-order valence-electron chi connectivity index (χ2n) is 7.80. The fourth-order valence-corrected chi connectivity index (χ4v) is 4.32. The SMILES string of the molecule is CCCCOc1c(CN)n(CC(C)C)c(=O)c2ccc(-c3nc(C)c(C#N)s3)cc12.Cl. The van der Waals surface area contributed by atoms with Crippen LogP contribution in [0.25, 0.3) is 21.3 Å². The van der Waals surface area contributed by atoms with Crippen molar-refractivity contribution in [3.63, 3.8) is 0 Å². The van der Waals surface area contributed by atoms with E-state index in [0.717, 1.165) is 34.5 Å². The maximum atomic E-state index is 13.3. The van der Waals surface area contributed by atoms with Crippen molar-refractivity contribution in [3.8, 4) is 22.4 Å². The predicted octanol–water partition coefficient (Wildman–Crippen LogP) is 5.02. The Morgan fingerprint density at radius 2 is 2.06 bits per heavy atom. The minimum Gasteiger partial charge on any atom is -0.491 e. The molecule has 0 saturated carbocycles. The van der Waals surface area contributed by atoms with Gasteiger partial charge in [0.15, 0.2) is 0 Å². The lowest BCUT2D eigenvalue weighted by Crippen LogP contribution is -2.28. The van der Waals surface area contributed by atoms with E-state index in [2.05, 4.69) is 31.8 Å². The highest BCUT2D eigenvalue weighted by Gasteiger charge is 2.19. The number of aryl methyl sites for hydroxylation is 1. The van der Waals surface area contributed by atoms with E-state index in [1.54, 1.807) is 4.57 Å². The lowest BCUT2D eigenvalue weighted by molar-refractivity contribution is 0.304. The summed E-state index contributed by atoms with van der Waals surface area (Å²) < 4.78 is 7.95. The summed E-state index contributed by atoms with van der Waals surface area (Å²) in [5.74, 6) is 0.979. The maximum Gasteiger partial charge on any atom is 0.258 e. The number of halogens is 1. The van der Waals surface area contributed by atoms with Crippen LogP contribution in [0.5, 0.6) is 5.75 Å². The Morgan fingerprint density at radius 3 is 2.65 bits per heavy atom. The topological polar surface area (TPSA) is 93.9 Å². The Labute approximate surface area is 193 Å². The summed E-state index contributed by atoms with van der Waals surface area (Å²) in [6, 6.07) is 7.85. The van der Waals surface area contributed by atoms with Crippen LogP contribution in [-0.2, 0) is 13.1 Å². The van der Waals surface area contributed by atoms with Gasteiger partial charge in [0.1, 0.15) is 21.7 Å². The van der Waals surface area contributed by atoms with Crippen LogP contribution in [0.1, 0.15) is 49.9 Å². The highest BCUT2D eigenvalue weighted by molar-refractivity contribution is 7.15. The molecule has 2 N–H and O–H groups in total. The summed E-state index contributed by atoms with van der Waals surface area (Å²) in [5.41, 5.74) is 8.34. The van der Waals surface area contributed by atoms with E-state index in [0.29, 0.717) is 40.8 Å². The highest BCUT2D eigenvalue weighted by Crippen LogP contribution is 2.34. The van der Waals surface area contributed by atoms with Crippen molar-refractivity contribution in [1.82, 2.24) is 9.55 Å². The van der Waals surface area contributed by atoms with E-state index in [-0.39, 0.29) is 24.5 Å². The van der Waals surface area contributed by atoms with E-state index in [4.69, 9.17) is 10.5 Å². The zero-order valence-electron chi connectivity index (χ0n) is 18.4. The maximum absolute atomic E-state index is 13.3. The van der Waals surface area contributed by atoms with Gasteiger partial charge in [0.2, 0.25) is 0 Å². The molecule has 0 saturated heterocycles. The largest absolute Gasteiger partial charge is 0.491 e. The predicted molar refractivity (Wildman–Crippen MR) is 129 cm³/mol. The van der Waals surface area contributed by atoms with Crippen LogP contribution < -0.4 is 16.0 Å². The first kappa shape index (κ1) is 24.9. The molecule has 0 spiro atoms. The van der Waals surface area contributed by atoms with Crippen molar-refractivity contribution >= 4 is 34.5 Å². The van der Waals surface area contributed by atoms with Crippen molar-refractivity contribution in [2.45, 2.75) is 53.6 Å². The number of thiazole rings is 1. The molecule has 8 heteroatoms. The molecule has 0 aliphatic heterocycles. The van der Waals surface area contributed by atoms with E-state index in [9.17, 15) is 10.1 Å². The van der Waals surface area contributed by atoms with Crippen molar-refractivity contribution in [2.24, 2.45) is 11.7 Å². The van der Waals surface area contributed by atoms with Crippen molar-refractivity contribution in [2.75, 3.05) is 6.61 Å². The van der Waals surface area contributed by atoms with Crippen LogP contribution in [0.4, 0.5) is 0 Å². The van der Waals surface area contributed by atoms with Gasteiger partial charge < -0.3 is 15.0 Å². The Hall–Kier alpha value is -2.40. The minimum absolute atomic E-state index is 0. The number of nitriles is 1. The molecule has 0 fully saturated rings. The number of hydrogen-bond donors (Lipinski definition) is 1. The molecule has 3 aromatic rings. The van der Waals surface area contributed by atoms with Crippen molar-refractivity contribution in [3.05, 3.63) is 44.8 Å². The van der Waals surface area contributed by atoms with E-state index < -0.39 is 0 Å². The molecule has 0 amide bonds. The molecule has 0 aliphatic rings. The summed E-state index contributed by atoms with van der Waals surface area (Å²) in [5, 5.41) is 11.4. The molecular weight excluding hydrogens is 432 g/mol. The summed E-state index contributed by atoms with van der Waals surface area (Å²) in [6.07, 6.45) is 1.94. The zero-order chi connectivity index (χ0) is 21.8. The lowest BCUT2D eigenvalue weighted by atomic mass is 10.1. The summed E-state index contributed by atoms with van der Waals surface area (Å²) >= 11 is 1.35. The van der Waals surface area contributed by atoms with Gasteiger partial charge in [-0.15, -0.1) is 23.7 Å². The number of unbranched alkanes of at least 4 members (excludes halogenated alkanes) is 1. The van der Waals surface area contributed by atoms with Gasteiger partial charge in [-0.25, -0.2) is 4.98 Å². The van der Waals surface area contributed by atoms with Crippen LogP contribution in [0.3, 0.4) is 0 Å². The Morgan fingerprint density at radius 1 is 1.32 bits per heavy atom. The normalized spacial score (nSPS) is 10.9. The minimum atomic E-state index is -0.0541. The zero-order valence-corrected chi connectivity index (χ0v) is 20.0. The lowest BCUT2D eigenvalue weighted by Gasteiger charge is -2.20. The molecule has 1 aromatic carbocycles. The second kappa shape index (κ2) is 10.8. The molecule has 0 unspecified atom stereocenters. The molecule has 0 bridgehead atoms. The molecule has 2 heterocycles. The molecular formula is C23H29ClN4O2S. The first-order chi connectivity index (χ1) is 14.4. The van der Waals surface area contributed by atoms with Gasteiger partial charge >= 0.3 is 0 Å². The fraction of sp³-hybridized carbons (Fsp3) is 0.435. The number of nitrogens with two attached hydrogens (primary N) is 1. The standard InChI is InChI=1S/C23H28N4O2S.ClH/c1-5-6-9-29-21-18-10-16(22-26-15(4)20(12-25)30-22)7-8-17(18)23(28)27(13-14(2)3)19(21)11-24;/h7-8,10,14H,5-6,9,11,13,24H2,1-4H3;1H. The van der Waals surface area contributed by atoms with E-state index in [1.165, 1.54) is 11.3 Å². The third kappa shape index (κ3) is 5.09. The number of benzene rings is 1. The molecule has 6 nitrogen and oxygen atoms in total. The number of ether oxygens (including phenoxy) is 1. The second-order valence-corrected chi connectivity index (χ2v) is 8.80. The average Bonchev–Trinajstić information content (AvgIpc) is 3.11. The molecule has 2 aromatic heterocycles. The first-order valence-electron chi connectivity index (χ1n) is 10.3. The number of aromatic nitrogens is 2. The molecule has 0 radical (unpaired) electrons. The van der Waals surface area contributed by atoms with Gasteiger partial charge in [0.05, 0.1) is 23.4 Å². The molecule has 0 atom stereocenters. The van der Waals surface area contributed by atoms with Crippen LogP contribution in [-0.4, -0.2) is 16.2 Å². The number of hydrogen-bond acceptors (Lipinski definition) is 6. The van der Waals surface area contributed by atoms with Gasteiger partial charge in [0.25, 0.3) is 5.56 Å². The van der Waals surface area contributed by atoms with Crippen LogP contribution in [0.2, 0.25) is 0 Å². The summed E-state index contributed by atoms with van der Waals surface area (Å²) in [4.78, 5) is 18.4. The third-order valence-electron chi connectivity index (χ3n) is 4.96. The number of rotatable bonds is 8. The molecule has 3 rings (SSSR count).